The van der Waals surface area contributed by atoms with Crippen molar-refractivity contribution in [2.75, 3.05) is 6.54 Å². The van der Waals surface area contributed by atoms with E-state index in [1.54, 1.807) is 4.58 Å². The van der Waals surface area contributed by atoms with Gasteiger partial charge in [-0.15, -0.1) is 0 Å². The maximum absolute atomic E-state index is 15.3. The van der Waals surface area contributed by atoms with Crippen molar-refractivity contribution in [3.05, 3.63) is 76.5 Å². The molecule has 0 spiro atoms. The Bertz CT molecular complexity index is 1260. The number of H-pyrrole nitrogens is 1. The molecule has 0 saturated heterocycles. The summed E-state index contributed by atoms with van der Waals surface area (Å²) in [4.78, 5) is 14.1. The van der Waals surface area contributed by atoms with Gasteiger partial charge in [0, 0.05) is 23.4 Å². The van der Waals surface area contributed by atoms with Gasteiger partial charge < -0.3 is 10.1 Å². The monoisotopic (exact) mass is 441 g/mol. The first-order chi connectivity index (χ1) is 15.0. The minimum absolute atomic E-state index is 0.0438. The zero-order valence-corrected chi connectivity index (χ0v) is 18.0. The zero-order chi connectivity index (χ0) is 23.2. The van der Waals surface area contributed by atoms with Crippen molar-refractivity contribution in [3.8, 4) is 0 Å². The molecule has 32 heavy (non-hydrogen) atoms. The molecule has 7 heteroatoms. The van der Waals surface area contributed by atoms with E-state index in [-0.39, 0.29) is 29.4 Å². The van der Waals surface area contributed by atoms with Gasteiger partial charge in [-0.05, 0) is 56.2 Å². The van der Waals surface area contributed by atoms with Gasteiger partial charge in [-0.2, -0.15) is 0 Å². The molecule has 1 aliphatic rings. The van der Waals surface area contributed by atoms with Gasteiger partial charge in [-0.25, -0.2) is 22.5 Å². The summed E-state index contributed by atoms with van der Waals surface area (Å²) < 4.78 is 47.1. The lowest BCUT2D eigenvalue weighted by Gasteiger charge is -2.25. The Labute approximate surface area is 183 Å². The van der Waals surface area contributed by atoms with Crippen LogP contribution in [0.4, 0.5) is 13.2 Å². The number of rotatable bonds is 5. The van der Waals surface area contributed by atoms with Crippen LogP contribution in [-0.4, -0.2) is 44.6 Å². The van der Waals surface area contributed by atoms with Gasteiger partial charge in [0.25, 0.3) is 0 Å². The lowest BCUT2D eigenvalue weighted by molar-refractivity contribution is -0.574. The topological polar surface area (TPSA) is 56.1 Å². The molecule has 0 aliphatic carbocycles. The van der Waals surface area contributed by atoms with E-state index in [0.717, 1.165) is 40.8 Å². The predicted molar refractivity (Wildman–Crippen MR) is 118 cm³/mol. The Hall–Kier alpha value is -3.35. The molecule has 0 fully saturated rings. The molecule has 166 valence electrons. The molecule has 0 bridgehead atoms. The highest BCUT2D eigenvalue weighted by Gasteiger charge is 2.40. The summed E-state index contributed by atoms with van der Waals surface area (Å²) in [6.45, 7) is 4.74. The summed E-state index contributed by atoms with van der Waals surface area (Å²) in [5, 5.41) is 9.76. The molecule has 2 aromatic carbocycles. The number of nitrogens with one attached hydrogen (secondary N) is 1. The number of carboxylic acids is 1. The molecule has 2 heterocycles. The first kappa shape index (κ1) is 21.9. The minimum atomic E-state index is -1.60. The van der Waals surface area contributed by atoms with Crippen LogP contribution in [0.3, 0.4) is 0 Å². The number of carbonyl (C=O) groups is 1. The quantitative estimate of drug-likeness (QED) is 0.428. The maximum atomic E-state index is 15.3. The van der Waals surface area contributed by atoms with Gasteiger partial charge in [0.15, 0.2) is 18.3 Å². The molecule has 2 N–H and O–H groups in total. The standard InChI is InChI=1S/C25H23F3N2O2/c1-14-10-17-16-6-4-5-7-20(16)29-23(17)24(30(14)13-25(2,3)28)22-18(26)11-15(12-19(22)27)8-9-21(31)32/h4-9,11-12,14H,10,13H2,1-3H3,(H,31,32)/p+1/b9-8+. The number of aromatic nitrogens is 1. The van der Waals surface area contributed by atoms with Crippen molar-refractivity contribution < 1.29 is 27.6 Å². The van der Waals surface area contributed by atoms with Crippen molar-refractivity contribution in [2.45, 2.75) is 38.9 Å². The lowest BCUT2D eigenvalue weighted by atomic mass is 9.91. The third kappa shape index (κ3) is 4.07. The Morgan fingerprint density at radius 3 is 2.53 bits per heavy atom. The Balaban J connectivity index is 2.00. The number of benzene rings is 2. The molecule has 0 amide bonds. The minimum Gasteiger partial charge on any atom is -0.478 e. The van der Waals surface area contributed by atoms with E-state index in [0.29, 0.717) is 12.1 Å². The van der Waals surface area contributed by atoms with Crippen LogP contribution in [0.15, 0.2) is 42.5 Å². The highest BCUT2D eigenvalue weighted by Crippen LogP contribution is 2.32. The van der Waals surface area contributed by atoms with Gasteiger partial charge in [0.2, 0.25) is 5.71 Å². The third-order valence-electron chi connectivity index (χ3n) is 5.64. The van der Waals surface area contributed by atoms with E-state index in [1.807, 2.05) is 31.2 Å². The zero-order valence-electron chi connectivity index (χ0n) is 18.0. The molecule has 4 rings (SSSR count). The normalized spacial score (nSPS) is 16.8. The number of nitrogens with zero attached hydrogens (tertiary/aromatic N) is 1. The largest absolute Gasteiger partial charge is 0.478 e. The Kier molecular flexibility index (Phi) is 5.44. The fourth-order valence-electron chi connectivity index (χ4n) is 4.38. The SMILES string of the molecule is CC1Cc2c([nH]c3ccccc23)C(c2c(F)cc(/C=C/C(=O)O)cc2F)=[N+]1CC(C)(C)F. The average molecular weight is 441 g/mol. The number of carboxylic acid groups (broad SMARTS) is 1. The van der Waals surface area contributed by atoms with Crippen molar-refractivity contribution in [1.82, 2.24) is 4.98 Å². The summed E-state index contributed by atoms with van der Waals surface area (Å²) in [5.41, 5.74) is 0.839. The molecule has 3 aromatic rings. The van der Waals surface area contributed by atoms with Crippen molar-refractivity contribution in [2.24, 2.45) is 0 Å². The van der Waals surface area contributed by atoms with Crippen LogP contribution in [0.25, 0.3) is 17.0 Å². The van der Waals surface area contributed by atoms with Gasteiger partial charge in [-0.1, -0.05) is 18.2 Å². The molecule has 1 atom stereocenters. The average Bonchev–Trinajstić information content (AvgIpc) is 3.05. The molecule has 1 unspecified atom stereocenters. The Morgan fingerprint density at radius 2 is 1.91 bits per heavy atom. The molecule has 4 nitrogen and oxygen atoms in total. The van der Waals surface area contributed by atoms with Gasteiger partial charge >= 0.3 is 5.97 Å². The smallest absolute Gasteiger partial charge is 0.328 e. The fraction of sp³-hybridized carbons (Fsp3) is 0.280. The molecular formula is C25H24F3N2O2+. The summed E-state index contributed by atoms with van der Waals surface area (Å²) >= 11 is 0. The highest BCUT2D eigenvalue weighted by atomic mass is 19.1. The molecular weight excluding hydrogens is 417 g/mol. The lowest BCUT2D eigenvalue weighted by Crippen LogP contribution is -2.43. The summed E-state index contributed by atoms with van der Waals surface area (Å²) in [5.74, 6) is -2.90. The fourth-order valence-corrected chi connectivity index (χ4v) is 4.38. The van der Waals surface area contributed by atoms with Gasteiger partial charge in [0.1, 0.15) is 22.9 Å². The first-order valence-electron chi connectivity index (χ1n) is 10.4. The summed E-state index contributed by atoms with van der Waals surface area (Å²) in [6.07, 6.45) is 2.54. The summed E-state index contributed by atoms with van der Waals surface area (Å²) in [6, 6.07) is 9.61. The number of hydrogen-bond donors (Lipinski definition) is 2. The van der Waals surface area contributed by atoms with Crippen molar-refractivity contribution >= 4 is 28.7 Å². The van der Waals surface area contributed by atoms with Gasteiger partial charge in [-0.3, -0.25) is 0 Å². The van der Waals surface area contributed by atoms with E-state index in [2.05, 4.69) is 4.98 Å². The molecule has 1 aliphatic heterocycles. The predicted octanol–water partition coefficient (Wildman–Crippen LogP) is 5.09. The highest BCUT2D eigenvalue weighted by molar-refractivity contribution is 6.13. The number of halogens is 3. The van der Waals surface area contributed by atoms with Crippen LogP contribution in [0.5, 0.6) is 0 Å². The first-order valence-corrected chi connectivity index (χ1v) is 10.4. The number of alkyl halides is 1. The van der Waals surface area contributed by atoms with E-state index in [1.165, 1.54) is 13.8 Å². The number of fused-ring (bicyclic) bond motifs is 3. The second-order valence-electron chi connectivity index (χ2n) is 8.80. The summed E-state index contributed by atoms with van der Waals surface area (Å²) in [7, 11) is 0. The molecule has 0 saturated carbocycles. The van der Waals surface area contributed by atoms with Crippen LogP contribution in [0.1, 0.15) is 43.2 Å². The second kappa shape index (κ2) is 7.97. The van der Waals surface area contributed by atoms with Crippen molar-refractivity contribution in [3.63, 3.8) is 0 Å². The van der Waals surface area contributed by atoms with Crippen LogP contribution in [0.2, 0.25) is 0 Å². The number of aromatic amines is 1. The second-order valence-corrected chi connectivity index (χ2v) is 8.80. The molecule has 1 aromatic heterocycles. The van der Waals surface area contributed by atoms with E-state index >= 15 is 8.78 Å². The number of aliphatic carboxylic acids is 1. The number of para-hydroxylation sites is 1. The van der Waals surface area contributed by atoms with Crippen molar-refractivity contribution in [1.29, 1.82) is 0 Å². The third-order valence-corrected chi connectivity index (χ3v) is 5.64. The molecule has 0 radical (unpaired) electrons. The van der Waals surface area contributed by atoms with E-state index in [4.69, 9.17) is 5.11 Å². The van der Waals surface area contributed by atoms with E-state index < -0.39 is 23.3 Å². The number of hydrogen-bond acceptors (Lipinski definition) is 1. The van der Waals surface area contributed by atoms with Gasteiger partial charge in [0.05, 0.1) is 0 Å². The van der Waals surface area contributed by atoms with Crippen LogP contribution < -0.4 is 0 Å². The maximum Gasteiger partial charge on any atom is 0.328 e. The van der Waals surface area contributed by atoms with E-state index in [9.17, 15) is 9.18 Å². The van der Waals surface area contributed by atoms with Crippen LogP contribution in [-0.2, 0) is 11.2 Å². The van der Waals surface area contributed by atoms with Crippen LogP contribution in [0, 0.1) is 11.6 Å². The Morgan fingerprint density at radius 1 is 1.25 bits per heavy atom. The van der Waals surface area contributed by atoms with Crippen LogP contribution >= 0.6 is 0 Å².